The highest BCUT2D eigenvalue weighted by atomic mass is 15.3. The molecule has 19 heavy (non-hydrogen) atoms. The highest BCUT2D eigenvalue weighted by Crippen LogP contribution is 2.32. The van der Waals surface area contributed by atoms with Gasteiger partial charge in [0.2, 0.25) is 0 Å². The van der Waals surface area contributed by atoms with Crippen LogP contribution in [0, 0.1) is 5.92 Å². The van der Waals surface area contributed by atoms with Crippen molar-refractivity contribution in [2.75, 3.05) is 13.1 Å². The van der Waals surface area contributed by atoms with Gasteiger partial charge in [-0.05, 0) is 38.5 Å². The number of rotatable bonds is 3. The molecule has 0 aromatic heterocycles. The van der Waals surface area contributed by atoms with Crippen LogP contribution in [0.1, 0.15) is 72.6 Å². The van der Waals surface area contributed by atoms with Crippen LogP contribution in [0.5, 0.6) is 0 Å². The Morgan fingerprint density at radius 3 is 2.58 bits per heavy atom. The topological polar surface area (TPSA) is 15.3 Å². The van der Waals surface area contributed by atoms with Crippen molar-refractivity contribution >= 4 is 0 Å². The van der Waals surface area contributed by atoms with Crippen molar-refractivity contribution < 1.29 is 0 Å². The molecule has 1 aliphatic carbocycles. The Morgan fingerprint density at radius 1 is 1.16 bits per heavy atom. The van der Waals surface area contributed by atoms with E-state index in [0.717, 1.165) is 18.0 Å². The number of hydrogen-bond donors (Lipinski definition) is 1. The minimum Gasteiger partial charge on any atom is -0.309 e. The summed E-state index contributed by atoms with van der Waals surface area (Å²) in [5, 5.41) is 3.80. The molecule has 0 bridgehead atoms. The van der Waals surface area contributed by atoms with Crippen molar-refractivity contribution in [3.8, 4) is 0 Å². The quantitative estimate of drug-likeness (QED) is 0.782. The number of nitrogens with zero attached hydrogens (tertiary/aromatic N) is 1. The Bertz CT molecular complexity index is 278. The smallest absolute Gasteiger partial charge is 0.0278 e. The Kier molecular flexibility index (Phi) is 5.30. The molecule has 0 spiro atoms. The number of nitrogens with one attached hydrogen (secondary N) is 1. The van der Waals surface area contributed by atoms with E-state index in [1.807, 2.05) is 0 Å². The molecule has 2 nitrogen and oxygen atoms in total. The average Bonchev–Trinajstić information content (AvgIpc) is 2.63. The van der Waals surface area contributed by atoms with E-state index in [1.54, 1.807) is 0 Å². The summed E-state index contributed by atoms with van der Waals surface area (Å²) in [7, 11) is 0. The standard InChI is InChI=1S/C17H34N2/c1-5-15-12-18-17(4,6-2)13-19(15)16-11-9-7-8-10-14(16)3/h14-16,18H,5-13H2,1-4H3. The van der Waals surface area contributed by atoms with Crippen LogP contribution in [0.3, 0.4) is 0 Å². The summed E-state index contributed by atoms with van der Waals surface area (Å²) in [6.45, 7) is 12.0. The first-order valence-corrected chi connectivity index (χ1v) is 8.60. The van der Waals surface area contributed by atoms with Gasteiger partial charge in [-0.1, -0.05) is 40.0 Å². The molecule has 2 heteroatoms. The first-order valence-electron chi connectivity index (χ1n) is 8.60. The van der Waals surface area contributed by atoms with Crippen molar-refractivity contribution in [2.24, 2.45) is 5.92 Å². The van der Waals surface area contributed by atoms with Crippen LogP contribution >= 0.6 is 0 Å². The van der Waals surface area contributed by atoms with Crippen LogP contribution in [-0.4, -0.2) is 35.6 Å². The van der Waals surface area contributed by atoms with Crippen molar-refractivity contribution in [3.05, 3.63) is 0 Å². The van der Waals surface area contributed by atoms with E-state index in [2.05, 4.69) is 37.9 Å². The first-order chi connectivity index (χ1) is 9.09. The minimum atomic E-state index is 0.331. The number of piperazine rings is 1. The maximum absolute atomic E-state index is 3.80. The summed E-state index contributed by atoms with van der Waals surface area (Å²) in [4.78, 5) is 2.88. The second-order valence-corrected chi connectivity index (χ2v) is 7.21. The van der Waals surface area contributed by atoms with Crippen molar-refractivity contribution in [3.63, 3.8) is 0 Å². The molecule has 0 aromatic rings. The molecule has 112 valence electrons. The minimum absolute atomic E-state index is 0.331. The van der Waals surface area contributed by atoms with Gasteiger partial charge in [0.1, 0.15) is 0 Å². The fourth-order valence-corrected chi connectivity index (χ4v) is 4.04. The van der Waals surface area contributed by atoms with Crippen molar-refractivity contribution in [1.29, 1.82) is 0 Å². The second-order valence-electron chi connectivity index (χ2n) is 7.21. The first kappa shape index (κ1) is 15.3. The molecule has 1 saturated carbocycles. The molecule has 2 fully saturated rings. The molecule has 1 saturated heterocycles. The maximum atomic E-state index is 3.80. The zero-order valence-corrected chi connectivity index (χ0v) is 13.5. The zero-order chi connectivity index (χ0) is 13.9. The third-order valence-electron chi connectivity index (χ3n) is 5.76. The highest BCUT2D eigenvalue weighted by Gasteiger charge is 2.38. The van der Waals surface area contributed by atoms with Gasteiger partial charge in [-0.25, -0.2) is 0 Å². The predicted octanol–water partition coefficient (Wildman–Crippen LogP) is 3.81. The van der Waals surface area contributed by atoms with Gasteiger partial charge in [0, 0.05) is 30.7 Å². The molecule has 0 aromatic carbocycles. The Balaban J connectivity index is 2.12. The van der Waals surface area contributed by atoms with Crippen LogP contribution in [0.2, 0.25) is 0 Å². The third-order valence-corrected chi connectivity index (χ3v) is 5.76. The molecule has 0 amide bonds. The molecule has 1 heterocycles. The third kappa shape index (κ3) is 3.52. The Hall–Kier alpha value is -0.0800. The molecular formula is C17H34N2. The lowest BCUT2D eigenvalue weighted by molar-refractivity contribution is 0.0202. The van der Waals surface area contributed by atoms with Gasteiger partial charge in [-0.3, -0.25) is 4.90 Å². The summed E-state index contributed by atoms with van der Waals surface area (Å²) in [6.07, 6.45) is 9.74. The average molecular weight is 266 g/mol. The van der Waals surface area contributed by atoms with E-state index in [1.165, 1.54) is 58.0 Å². The monoisotopic (exact) mass is 266 g/mol. The van der Waals surface area contributed by atoms with Crippen LogP contribution < -0.4 is 5.32 Å². The van der Waals surface area contributed by atoms with E-state index in [-0.39, 0.29) is 0 Å². The number of hydrogen-bond acceptors (Lipinski definition) is 2. The SMILES string of the molecule is CCC1CNC(C)(CC)CN1C1CCCCCC1C. The van der Waals surface area contributed by atoms with E-state index in [0.29, 0.717) is 5.54 Å². The largest absolute Gasteiger partial charge is 0.309 e. The summed E-state index contributed by atoms with van der Waals surface area (Å²) in [5.74, 6) is 0.885. The van der Waals surface area contributed by atoms with Crippen LogP contribution in [0.15, 0.2) is 0 Å². The van der Waals surface area contributed by atoms with Gasteiger partial charge in [0.25, 0.3) is 0 Å². The van der Waals surface area contributed by atoms with Crippen LogP contribution in [0.4, 0.5) is 0 Å². The molecule has 1 N–H and O–H groups in total. The molecule has 4 atom stereocenters. The van der Waals surface area contributed by atoms with Gasteiger partial charge in [-0.15, -0.1) is 0 Å². The molecule has 2 aliphatic rings. The van der Waals surface area contributed by atoms with Gasteiger partial charge >= 0.3 is 0 Å². The van der Waals surface area contributed by atoms with Crippen molar-refractivity contribution in [1.82, 2.24) is 10.2 Å². The van der Waals surface area contributed by atoms with Crippen molar-refractivity contribution in [2.45, 2.75) is 90.3 Å². The lowest BCUT2D eigenvalue weighted by atomic mass is 9.87. The summed E-state index contributed by atoms with van der Waals surface area (Å²) in [5.41, 5.74) is 0.331. The van der Waals surface area contributed by atoms with Gasteiger partial charge in [0.05, 0.1) is 0 Å². The van der Waals surface area contributed by atoms with Crippen LogP contribution in [0.25, 0.3) is 0 Å². The molecular weight excluding hydrogens is 232 g/mol. The van der Waals surface area contributed by atoms with E-state index >= 15 is 0 Å². The normalized spacial score (nSPS) is 42.0. The summed E-state index contributed by atoms with van der Waals surface area (Å²) < 4.78 is 0. The van der Waals surface area contributed by atoms with E-state index < -0.39 is 0 Å². The summed E-state index contributed by atoms with van der Waals surface area (Å²) in [6, 6.07) is 1.59. The zero-order valence-electron chi connectivity index (χ0n) is 13.5. The fraction of sp³-hybridized carbons (Fsp3) is 1.00. The van der Waals surface area contributed by atoms with Crippen LogP contribution in [-0.2, 0) is 0 Å². The molecule has 1 aliphatic heterocycles. The Labute approximate surface area is 120 Å². The predicted molar refractivity (Wildman–Crippen MR) is 83.5 cm³/mol. The fourth-order valence-electron chi connectivity index (χ4n) is 4.04. The Morgan fingerprint density at radius 2 is 1.89 bits per heavy atom. The lowest BCUT2D eigenvalue weighted by Crippen LogP contribution is -2.65. The van der Waals surface area contributed by atoms with Gasteiger partial charge < -0.3 is 5.32 Å². The van der Waals surface area contributed by atoms with Gasteiger partial charge in [0.15, 0.2) is 0 Å². The molecule has 4 unspecified atom stereocenters. The summed E-state index contributed by atoms with van der Waals surface area (Å²) >= 11 is 0. The van der Waals surface area contributed by atoms with E-state index in [4.69, 9.17) is 0 Å². The molecule has 2 rings (SSSR count). The van der Waals surface area contributed by atoms with Gasteiger partial charge in [-0.2, -0.15) is 0 Å². The second kappa shape index (κ2) is 6.58. The molecule has 0 radical (unpaired) electrons. The maximum Gasteiger partial charge on any atom is 0.0278 e. The highest BCUT2D eigenvalue weighted by molar-refractivity contribution is 4.97. The van der Waals surface area contributed by atoms with E-state index in [9.17, 15) is 0 Å². The lowest BCUT2D eigenvalue weighted by Gasteiger charge is -2.50.